The van der Waals surface area contributed by atoms with Gasteiger partial charge in [0.1, 0.15) is 5.75 Å². The molecule has 132 valence electrons. The molecule has 1 aliphatic rings. The highest BCUT2D eigenvalue weighted by molar-refractivity contribution is 6.30. The number of nitrogens with one attached hydrogen (secondary N) is 1. The molecule has 1 aliphatic heterocycles. The summed E-state index contributed by atoms with van der Waals surface area (Å²) < 4.78 is 5.79. The second-order valence-electron chi connectivity index (χ2n) is 6.56. The van der Waals surface area contributed by atoms with E-state index in [0.717, 1.165) is 25.9 Å². The Hall–Kier alpha value is -1.79. The van der Waals surface area contributed by atoms with E-state index >= 15 is 0 Å². The number of hydrogen-bond donors (Lipinski definition) is 2. The summed E-state index contributed by atoms with van der Waals surface area (Å²) >= 11 is 5.85. The van der Waals surface area contributed by atoms with E-state index in [4.69, 9.17) is 22.1 Å². The molecule has 24 heavy (non-hydrogen) atoms. The summed E-state index contributed by atoms with van der Waals surface area (Å²) in [7, 11) is 0. The fourth-order valence-electron chi connectivity index (χ4n) is 2.66. The number of likely N-dealkylation sites (tertiary alicyclic amines) is 1. The Morgan fingerprint density at radius 2 is 1.88 bits per heavy atom. The molecule has 0 aliphatic carbocycles. The number of carbonyl (C=O) groups is 2. The number of piperidine rings is 1. The minimum atomic E-state index is -0.988. The van der Waals surface area contributed by atoms with Crippen molar-refractivity contribution in [2.24, 2.45) is 5.73 Å². The molecule has 1 fully saturated rings. The van der Waals surface area contributed by atoms with Gasteiger partial charge in [-0.25, -0.2) is 0 Å². The zero-order chi connectivity index (χ0) is 17.7. The van der Waals surface area contributed by atoms with Gasteiger partial charge in [-0.1, -0.05) is 11.6 Å². The van der Waals surface area contributed by atoms with Crippen LogP contribution in [0.4, 0.5) is 0 Å². The Bertz CT molecular complexity index is 581. The highest BCUT2D eigenvalue weighted by atomic mass is 35.5. The Kier molecular flexibility index (Phi) is 6.07. The van der Waals surface area contributed by atoms with Gasteiger partial charge in [0.15, 0.2) is 5.60 Å². The fraction of sp³-hybridized carbons (Fsp3) is 0.529. The first kappa shape index (κ1) is 18.5. The second kappa shape index (κ2) is 7.85. The number of hydrogen-bond acceptors (Lipinski definition) is 4. The lowest BCUT2D eigenvalue weighted by Gasteiger charge is -2.33. The average Bonchev–Trinajstić information content (AvgIpc) is 2.51. The molecule has 1 heterocycles. The second-order valence-corrected chi connectivity index (χ2v) is 6.99. The summed E-state index contributed by atoms with van der Waals surface area (Å²) in [5.74, 6) is 0.108. The highest BCUT2D eigenvalue weighted by Crippen LogP contribution is 2.21. The predicted octanol–water partition coefficient (Wildman–Crippen LogP) is 1.56. The van der Waals surface area contributed by atoms with Crippen LogP contribution in [0.15, 0.2) is 24.3 Å². The van der Waals surface area contributed by atoms with Crippen molar-refractivity contribution in [3.63, 3.8) is 0 Å². The molecule has 0 spiro atoms. The maximum Gasteiger partial charge on any atom is 0.263 e. The maximum absolute atomic E-state index is 12.5. The van der Waals surface area contributed by atoms with Gasteiger partial charge in [-0.15, -0.1) is 0 Å². The molecule has 1 aromatic carbocycles. The van der Waals surface area contributed by atoms with Gasteiger partial charge in [0.25, 0.3) is 5.91 Å². The van der Waals surface area contributed by atoms with Crippen molar-refractivity contribution in [2.75, 3.05) is 19.6 Å². The third kappa shape index (κ3) is 5.39. The zero-order valence-electron chi connectivity index (χ0n) is 14.0. The average molecular weight is 354 g/mol. The van der Waals surface area contributed by atoms with Crippen molar-refractivity contribution in [1.29, 1.82) is 0 Å². The van der Waals surface area contributed by atoms with Gasteiger partial charge in [0, 0.05) is 24.2 Å². The largest absolute Gasteiger partial charge is 0.478 e. The molecule has 0 saturated carbocycles. The molecule has 0 bridgehead atoms. The summed E-state index contributed by atoms with van der Waals surface area (Å²) in [5, 5.41) is 3.65. The van der Waals surface area contributed by atoms with E-state index in [2.05, 4.69) is 5.32 Å². The summed E-state index contributed by atoms with van der Waals surface area (Å²) in [4.78, 5) is 25.5. The van der Waals surface area contributed by atoms with Crippen LogP contribution in [0.5, 0.6) is 5.75 Å². The number of carbonyl (C=O) groups excluding carboxylic acids is 2. The number of primary amides is 1. The molecule has 2 rings (SSSR count). The van der Waals surface area contributed by atoms with Crippen molar-refractivity contribution >= 4 is 23.4 Å². The molecule has 7 heteroatoms. The lowest BCUT2D eigenvalue weighted by atomic mass is 10.0. The van der Waals surface area contributed by atoms with Crippen LogP contribution < -0.4 is 15.8 Å². The summed E-state index contributed by atoms with van der Waals surface area (Å²) in [6, 6.07) is 6.99. The van der Waals surface area contributed by atoms with Crippen LogP contribution in [-0.4, -0.2) is 48.0 Å². The van der Waals surface area contributed by atoms with E-state index < -0.39 is 5.60 Å². The van der Waals surface area contributed by atoms with Gasteiger partial charge in [-0.2, -0.15) is 0 Å². The van der Waals surface area contributed by atoms with Crippen molar-refractivity contribution in [2.45, 2.75) is 38.3 Å². The third-order valence-electron chi connectivity index (χ3n) is 4.04. The standard InChI is InChI=1S/C17H24ClN3O3/c1-17(2,24-14-5-3-12(18)4-6-14)16(23)20-13-7-9-21(10-8-13)11-15(19)22/h3-6,13H,7-11H2,1-2H3,(H2,19,22)(H,20,23). The number of halogens is 1. The molecule has 0 radical (unpaired) electrons. The Labute approximate surface area is 147 Å². The number of amides is 2. The minimum absolute atomic E-state index is 0.0784. The molecule has 1 saturated heterocycles. The van der Waals surface area contributed by atoms with Crippen LogP contribution in [0.2, 0.25) is 5.02 Å². The molecule has 2 amide bonds. The van der Waals surface area contributed by atoms with Gasteiger partial charge < -0.3 is 15.8 Å². The predicted molar refractivity (Wildman–Crippen MR) is 93.0 cm³/mol. The van der Waals surface area contributed by atoms with Crippen LogP contribution in [0, 0.1) is 0 Å². The molecular formula is C17H24ClN3O3. The van der Waals surface area contributed by atoms with E-state index in [9.17, 15) is 9.59 Å². The number of benzene rings is 1. The first-order valence-electron chi connectivity index (χ1n) is 8.02. The van der Waals surface area contributed by atoms with Crippen molar-refractivity contribution in [1.82, 2.24) is 10.2 Å². The topological polar surface area (TPSA) is 84.7 Å². The molecule has 1 aromatic rings. The van der Waals surface area contributed by atoms with Crippen LogP contribution in [-0.2, 0) is 9.59 Å². The Morgan fingerprint density at radius 1 is 1.29 bits per heavy atom. The number of nitrogens with zero attached hydrogens (tertiary/aromatic N) is 1. The molecule has 0 aromatic heterocycles. The van der Waals surface area contributed by atoms with Crippen LogP contribution in [0.3, 0.4) is 0 Å². The summed E-state index contributed by atoms with van der Waals surface area (Å²) in [6.07, 6.45) is 1.58. The van der Waals surface area contributed by atoms with E-state index in [1.54, 1.807) is 38.1 Å². The Morgan fingerprint density at radius 3 is 2.42 bits per heavy atom. The Balaban J connectivity index is 1.85. The number of nitrogens with two attached hydrogens (primary N) is 1. The summed E-state index contributed by atoms with van der Waals surface area (Å²) in [6.45, 7) is 5.23. The summed E-state index contributed by atoms with van der Waals surface area (Å²) in [5.41, 5.74) is 4.22. The smallest absolute Gasteiger partial charge is 0.263 e. The van der Waals surface area contributed by atoms with Crippen LogP contribution in [0.25, 0.3) is 0 Å². The van der Waals surface area contributed by atoms with E-state index in [1.165, 1.54) is 0 Å². The van der Waals surface area contributed by atoms with Crippen molar-refractivity contribution < 1.29 is 14.3 Å². The van der Waals surface area contributed by atoms with Crippen LogP contribution >= 0.6 is 11.6 Å². The SMILES string of the molecule is CC(C)(Oc1ccc(Cl)cc1)C(=O)NC1CCN(CC(N)=O)CC1. The van der Waals surface area contributed by atoms with E-state index in [1.807, 2.05) is 4.90 Å². The van der Waals surface area contributed by atoms with Gasteiger partial charge in [0.05, 0.1) is 6.54 Å². The molecule has 6 nitrogen and oxygen atoms in total. The quantitative estimate of drug-likeness (QED) is 0.812. The molecular weight excluding hydrogens is 330 g/mol. The maximum atomic E-state index is 12.5. The fourth-order valence-corrected chi connectivity index (χ4v) is 2.78. The van der Waals surface area contributed by atoms with E-state index in [0.29, 0.717) is 10.8 Å². The third-order valence-corrected chi connectivity index (χ3v) is 4.29. The lowest BCUT2D eigenvalue weighted by molar-refractivity contribution is -0.135. The normalized spacial score (nSPS) is 16.6. The number of ether oxygens (including phenoxy) is 1. The first-order valence-corrected chi connectivity index (χ1v) is 8.40. The zero-order valence-corrected chi connectivity index (χ0v) is 14.8. The van der Waals surface area contributed by atoms with E-state index in [-0.39, 0.29) is 24.4 Å². The minimum Gasteiger partial charge on any atom is -0.478 e. The monoisotopic (exact) mass is 353 g/mol. The van der Waals surface area contributed by atoms with Crippen molar-refractivity contribution in [3.05, 3.63) is 29.3 Å². The van der Waals surface area contributed by atoms with Crippen LogP contribution in [0.1, 0.15) is 26.7 Å². The number of rotatable bonds is 6. The molecule has 0 unspecified atom stereocenters. The van der Waals surface area contributed by atoms with Gasteiger partial charge in [-0.3, -0.25) is 14.5 Å². The molecule has 0 atom stereocenters. The first-order chi connectivity index (χ1) is 11.3. The van der Waals surface area contributed by atoms with Gasteiger partial charge in [-0.05, 0) is 51.0 Å². The van der Waals surface area contributed by atoms with Crippen molar-refractivity contribution in [3.8, 4) is 5.75 Å². The van der Waals surface area contributed by atoms with Gasteiger partial charge in [0.2, 0.25) is 5.91 Å². The lowest BCUT2D eigenvalue weighted by Crippen LogP contribution is -2.53. The highest BCUT2D eigenvalue weighted by Gasteiger charge is 2.32. The molecule has 3 N–H and O–H groups in total. The van der Waals surface area contributed by atoms with Gasteiger partial charge >= 0.3 is 0 Å².